The molecule has 1 aliphatic carbocycles. The minimum Gasteiger partial charge on any atom is -0.493 e. The molecule has 2 aliphatic rings. The van der Waals surface area contributed by atoms with Crippen LogP contribution in [0.1, 0.15) is 24.0 Å². The van der Waals surface area contributed by atoms with E-state index in [0.717, 1.165) is 62.9 Å². The third-order valence-corrected chi connectivity index (χ3v) is 5.09. The first-order valence-electron chi connectivity index (χ1n) is 9.31. The van der Waals surface area contributed by atoms with Crippen LogP contribution >= 0.6 is 0 Å². The highest BCUT2D eigenvalue weighted by Crippen LogP contribution is 2.33. The Kier molecular flexibility index (Phi) is 6.39. The number of methoxy groups -OCH3 is 2. The van der Waals surface area contributed by atoms with Crippen LogP contribution < -0.4 is 20.1 Å². The Labute approximate surface area is 156 Å². The summed E-state index contributed by atoms with van der Waals surface area (Å²) in [5.41, 5.74) is 2.69. The normalized spacial score (nSPS) is 17.9. The Balaban J connectivity index is 1.49. The van der Waals surface area contributed by atoms with E-state index in [1.54, 1.807) is 14.2 Å². The summed E-state index contributed by atoms with van der Waals surface area (Å²) in [6.07, 6.45) is 7.64. The number of benzene rings is 1. The summed E-state index contributed by atoms with van der Waals surface area (Å²) in [6.45, 7) is 3.86. The standard InChI is InChI=1S/C20H30N4O2/c1-21-20(23-17-6-4-5-7-17)22-9-11-24-10-8-15-12-18(25-2)19(26-3)13-16(15)14-24/h4-5,12-13,17H,6-11,14H2,1-3H3,(H2,21,22,23). The van der Waals surface area contributed by atoms with Crippen LogP contribution in [0.25, 0.3) is 0 Å². The van der Waals surface area contributed by atoms with Crippen molar-refractivity contribution in [1.82, 2.24) is 15.5 Å². The zero-order valence-electron chi connectivity index (χ0n) is 16.0. The van der Waals surface area contributed by atoms with Crippen LogP contribution in [-0.2, 0) is 13.0 Å². The fourth-order valence-electron chi connectivity index (χ4n) is 3.59. The number of guanidine groups is 1. The van der Waals surface area contributed by atoms with Gasteiger partial charge in [0, 0.05) is 39.3 Å². The number of hydrogen-bond acceptors (Lipinski definition) is 4. The molecule has 0 saturated carbocycles. The van der Waals surface area contributed by atoms with Gasteiger partial charge in [-0.25, -0.2) is 0 Å². The third-order valence-electron chi connectivity index (χ3n) is 5.09. The molecule has 0 amide bonds. The lowest BCUT2D eigenvalue weighted by atomic mass is 9.99. The van der Waals surface area contributed by atoms with Crippen molar-refractivity contribution in [3.8, 4) is 11.5 Å². The van der Waals surface area contributed by atoms with Crippen molar-refractivity contribution < 1.29 is 9.47 Å². The average Bonchev–Trinajstić information content (AvgIpc) is 3.19. The fourth-order valence-corrected chi connectivity index (χ4v) is 3.59. The molecule has 0 unspecified atom stereocenters. The Bertz CT molecular complexity index is 664. The van der Waals surface area contributed by atoms with Crippen molar-refractivity contribution in [2.45, 2.75) is 31.8 Å². The van der Waals surface area contributed by atoms with Crippen molar-refractivity contribution in [3.05, 3.63) is 35.4 Å². The molecule has 142 valence electrons. The van der Waals surface area contributed by atoms with Gasteiger partial charge in [0.2, 0.25) is 0 Å². The quantitative estimate of drug-likeness (QED) is 0.462. The molecule has 6 heteroatoms. The van der Waals surface area contributed by atoms with Gasteiger partial charge in [0.05, 0.1) is 14.2 Å². The number of ether oxygens (including phenoxy) is 2. The zero-order chi connectivity index (χ0) is 18.4. The topological polar surface area (TPSA) is 58.1 Å². The predicted octanol–water partition coefficient (Wildman–Crippen LogP) is 1.95. The minimum absolute atomic E-state index is 0.477. The van der Waals surface area contributed by atoms with Gasteiger partial charge in [-0.3, -0.25) is 9.89 Å². The average molecular weight is 358 g/mol. The number of rotatable bonds is 6. The molecule has 2 N–H and O–H groups in total. The molecule has 1 aromatic carbocycles. The first-order chi connectivity index (χ1) is 12.7. The Morgan fingerprint density at radius 2 is 1.85 bits per heavy atom. The molecule has 0 radical (unpaired) electrons. The fraction of sp³-hybridized carbons (Fsp3) is 0.550. The van der Waals surface area contributed by atoms with Gasteiger partial charge in [-0.15, -0.1) is 0 Å². The Morgan fingerprint density at radius 3 is 2.50 bits per heavy atom. The van der Waals surface area contributed by atoms with Crippen LogP contribution in [0.3, 0.4) is 0 Å². The first kappa shape index (κ1) is 18.6. The second kappa shape index (κ2) is 8.94. The summed E-state index contributed by atoms with van der Waals surface area (Å²) in [4.78, 5) is 6.79. The molecule has 0 bridgehead atoms. The monoisotopic (exact) mass is 358 g/mol. The molecule has 1 heterocycles. The smallest absolute Gasteiger partial charge is 0.191 e. The largest absolute Gasteiger partial charge is 0.493 e. The minimum atomic E-state index is 0.477. The number of aliphatic imine (C=N–C) groups is 1. The molecule has 0 spiro atoms. The summed E-state index contributed by atoms with van der Waals surface area (Å²) in [5.74, 6) is 2.51. The Morgan fingerprint density at radius 1 is 1.15 bits per heavy atom. The van der Waals surface area contributed by atoms with E-state index in [4.69, 9.17) is 9.47 Å². The molecule has 26 heavy (non-hydrogen) atoms. The van der Waals surface area contributed by atoms with E-state index in [2.05, 4.69) is 44.8 Å². The summed E-state index contributed by atoms with van der Waals surface area (Å²) < 4.78 is 10.9. The molecule has 0 atom stereocenters. The predicted molar refractivity (Wildman–Crippen MR) is 105 cm³/mol. The van der Waals surface area contributed by atoms with Gasteiger partial charge in [-0.1, -0.05) is 12.2 Å². The summed E-state index contributed by atoms with van der Waals surface area (Å²) in [5, 5.41) is 6.91. The van der Waals surface area contributed by atoms with Gasteiger partial charge in [-0.05, 0) is 42.5 Å². The Hall–Kier alpha value is -2.21. The van der Waals surface area contributed by atoms with Gasteiger partial charge in [0.1, 0.15) is 0 Å². The number of nitrogens with zero attached hydrogens (tertiary/aromatic N) is 2. The lowest BCUT2D eigenvalue weighted by molar-refractivity contribution is 0.256. The van der Waals surface area contributed by atoms with Gasteiger partial charge < -0.3 is 20.1 Å². The van der Waals surface area contributed by atoms with Crippen molar-refractivity contribution in [1.29, 1.82) is 0 Å². The maximum Gasteiger partial charge on any atom is 0.191 e. The number of nitrogens with one attached hydrogen (secondary N) is 2. The van der Waals surface area contributed by atoms with Crippen molar-refractivity contribution in [2.24, 2.45) is 4.99 Å². The van der Waals surface area contributed by atoms with E-state index < -0.39 is 0 Å². The SMILES string of the molecule is CN=C(NCCN1CCc2cc(OC)c(OC)cc2C1)NC1CC=CC1. The van der Waals surface area contributed by atoms with Crippen molar-refractivity contribution >= 4 is 5.96 Å². The second-order valence-electron chi connectivity index (χ2n) is 6.79. The van der Waals surface area contributed by atoms with E-state index >= 15 is 0 Å². The molecule has 0 saturated heterocycles. The zero-order valence-corrected chi connectivity index (χ0v) is 16.0. The molecule has 0 aromatic heterocycles. The van der Waals surface area contributed by atoms with Crippen LogP contribution in [-0.4, -0.2) is 57.8 Å². The maximum absolute atomic E-state index is 5.44. The van der Waals surface area contributed by atoms with Crippen molar-refractivity contribution in [3.63, 3.8) is 0 Å². The van der Waals surface area contributed by atoms with Crippen LogP contribution in [0.2, 0.25) is 0 Å². The summed E-state index contributed by atoms with van der Waals surface area (Å²) in [6, 6.07) is 4.71. The molecule has 0 fully saturated rings. The van der Waals surface area contributed by atoms with Gasteiger partial charge in [0.25, 0.3) is 0 Å². The van der Waals surface area contributed by atoms with E-state index in [9.17, 15) is 0 Å². The van der Waals surface area contributed by atoms with Crippen LogP contribution in [0, 0.1) is 0 Å². The third kappa shape index (κ3) is 4.49. The molecule has 3 rings (SSSR count). The lowest BCUT2D eigenvalue weighted by Crippen LogP contribution is -2.45. The maximum atomic E-state index is 5.44. The van der Waals surface area contributed by atoms with E-state index in [0.29, 0.717) is 6.04 Å². The van der Waals surface area contributed by atoms with Gasteiger partial charge in [0.15, 0.2) is 17.5 Å². The highest BCUT2D eigenvalue weighted by Gasteiger charge is 2.19. The highest BCUT2D eigenvalue weighted by atomic mass is 16.5. The molecular formula is C20H30N4O2. The number of hydrogen-bond donors (Lipinski definition) is 2. The molecule has 6 nitrogen and oxygen atoms in total. The van der Waals surface area contributed by atoms with Crippen LogP contribution in [0.15, 0.2) is 29.3 Å². The van der Waals surface area contributed by atoms with Crippen LogP contribution in [0.5, 0.6) is 11.5 Å². The van der Waals surface area contributed by atoms with Crippen molar-refractivity contribution in [2.75, 3.05) is 40.9 Å². The van der Waals surface area contributed by atoms with Gasteiger partial charge >= 0.3 is 0 Å². The van der Waals surface area contributed by atoms with E-state index in [-0.39, 0.29) is 0 Å². The molecule has 1 aromatic rings. The second-order valence-corrected chi connectivity index (χ2v) is 6.79. The lowest BCUT2D eigenvalue weighted by Gasteiger charge is -2.29. The van der Waals surface area contributed by atoms with Gasteiger partial charge in [-0.2, -0.15) is 0 Å². The van der Waals surface area contributed by atoms with E-state index in [1.165, 1.54) is 11.1 Å². The van der Waals surface area contributed by atoms with Crippen LogP contribution in [0.4, 0.5) is 0 Å². The summed E-state index contributed by atoms with van der Waals surface area (Å²) >= 11 is 0. The molecular weight excluding hydrogens is 328 g/mol. The number of fused-ring (bicyclic) bond motifs is 1. The molecule has 1 aliphatic heterocycles. The highest BCUT2D eigenvalue weighted by molar-refractivity contribution is 5.80. The first-order valence-corrected chi connectivity index (χ1v) is 9.31. The van der Waals surface area contributed by atoms with E-state index in [1.807, 2.05) is 7.05 Å². The summed E-state index contributed by atoms with van der Waals surface area (Å²) in [7, 11) is 5.20.